The summed E-state index contributed by atoms with van der Waals surface area (Å²) in [5.74, 6) is 0.0610. The highest BCUT2D eigenvalue weighted by atomic mass is 16.5. The first kappa shape index (κ1) is 19.1. The second-order valence-corrected chi connectivity index (χ2v) is 6.89. The lowest BCUT2D eigenvalue weighted by Gasteiger charge is -2.22. The van der Waals surface area contributed by atoms with E-state index in [4.69, 9.17) is 4.74 Å². The van der Waals surface area contributed by atoms with Gasteiger partial charge in [-0.1, -0.05) is 31.2 Å². The van der Waals surface area contributed by atoms with E-state index in [-0.39, 0.29) is 17.9 Å². The molecule has 2 aromatic rings. The van der Waals surface area contributed by atoms with Crippen LogP contribution in [-0.2, 0) is 4.74 Å². The molecule has 1 aliphatic heterocycles. The van der Waals surface area contributed by atoms with E-state index >= 15 is 0 Å². The molecule has 0 unspecified atom stereocenters. The Morgan fingerprint density at radius 1 is 1.15 bits per heavy atom. The van der Waals surface area contributed by atoms with E-state index in [0.29, 0.717) is 23.7 Å². The summed E-state index contributed by atoms with van der Waals surface area (Å²) < 4.78 is 5.44. The second kappa shape index (κ2) is 8.82. The summed E-state index contributed by atoms with van der Waals surface area (Å²) in [5.41, 5.74) is 1.80. The van der Waals surface area contributed by atoms with Gasteiger partial charge in [-0.25, -0.2) is 0 Å². The molecule has 2 atom stereocenters. The number of hydrogen-bond donors (Lipinski definition) is 1. The fourth-order valence-electron chi connectivity index (χ4n) is 3.43. The van der Waals surface area contributed by atoms with E-state index in [0.717, 1.165) is 25.1 Å². The van der Waals surface area contributed by atoms with E-state index < -0.39 is 0 Å². The molecule has 0 aliphatic carbocycles. The van der Waals surface area contributed by atoms with Crippen molar-refractivity contribution >= 4 is 17.5 Å². The predicted octanol–water partition coefficient (Wildman–Crippen LogP) is 3.51. The van der Waals surface area contributed by atoms with Crippen LogP contribution in [0.15, 0.2) is 54.6 Å². The molecule has 1 aliphatic rings. The summed E-state index contributed by atoms with van der Waals surface area (Å²) in [6, 6.07) is 16.4. The normalized spacial score (nSPS) is 17.3. The Morgan fingerprint density at radius 3 is 2.56 bits per heavy atom. The van der Waals surface area contributed by atoms with Crippen molar-refractivity contribution in [2.75, 3.05) is 25.2 Å². The summed E-state index contributed by atoms with van der Waals surface area (Å²) in [4.78, 5) is 27.1. The molecule has 1 heterocycles. The number of amides is 2. The predicted molar refractivity (Wildman–Crippen MR) is 106 cm³/mol. The van der Waals surface area contributed by atoms with Crippen LogP contribution in [0, 0.1) is 5.92 Å². The third-order valence-corrected chi connectivity index (χ3v) is 5.11. The molecule has 5 nitrogen and oxygen atoms in total. The van der Waals surface area contributed by atoms with Crippen molar-refractivity contribution in [1.29, 1.82) is 0 Å². The molecule has 1 saturated heterocycles. The minimum atomic E-state index is -0.147. The largest absolute Gasteiger partial charge is 0.381 e. The zero-order chi connectivity index (χ0) is 19.2. The zero-order valence-corrected chi connectivity index (χ0v) is 15.9. The number of para-hydroxylation sites is 1. The molecule has 1 fully saturated rings. The van der Waals surface area contributed by atoms with Gasteiger partial charge in [-0.15, -0.1) is 0 Å². The molecule has 0 aromatic heterocycles. The maximum atomic E-state index is 12.8. The summed E-state index contributed by atoms with van der Waals surface area (Å²) >= 11 is 0. The molecule has 2 amide bonds. The molecule has 0 radical (unpaired) electrons. The first-order valence-corrected chi connectivity index (χ1v) is 9.42. The van der Waals surface area contributed by atoms with Crippen molar-refractivity contribution in [2.24, 2.45) is 5.92 Å². The molecular formula is C22H26N2O3. The van der Waals surface area contributed by atoms with E-state index in [1.807, 2.05) is 30.3 Å². The van der Waals surface area contributed by atoms with Crippen molar-refractivity contribution < 1.29 is 14.3 Å². The van der Waals surface area contributed by atoms with Crippen LogP contribution in [0.2, 0.25) is 0 Å². The summed E-state index contributed by atoms with van der Waals surface area (Å²) in [6.07, 6.45) is 1.83. The van der Waals surface area contributed by atoms with E-state index in [1.165, 1.54) is 0 Å². The first-order valence-electron chi connectivity index (χ1n) is 9.42. The zero-order valence-electron chi connectivity index (χ0n) is 15.9. The van der Waals surface area contributed by atoms with Gasteiger partial charge in [-0.2, -0.15) is 0 Å². The number of rotatable bonds is 6. The third kappa shape index (κ3) is 4.55. The number of benzene rings is 2. The van der Waals surface area contributed by atoms with Crippen LogP contribution in [0.3, 0.4) is 0 Å². The summed E-state index contributed by atoms with van der Waals surface area (Å²) in [5, 5.41) is 3.11. The van der Waals surface area contributed by atoms with Gasteiger partial charge in [0.1, 0.15) is 0 Å². The van der Waals surface area contributed by atoms with Crippen LogP contribution >= 0.6 is 0 Å². The number of ether oxygens (including phenoxy) is 1. The average Bonchev–Trinajstić information content (AvgIpc) is 3.26. The molecule has 1 N–H and O–H groups in total. The lowest BCUT2D eigenvalue weighted by Crippen LogP contribution is -2.40. The number of anilines is 1. The molecule has 0 spiro atoms. The number of hydrogen-bond acceptors (Lipinski definition) is 3. The molecule has 0 bridgehead atoms. The van der Waals surface area contributed by atoms with Gasteiger partial charge in [-0.3, -0.25) is 9.59 Å². The quantitative estimate of drug-likeness (QED) is 0.851. The fourth-order valence-corrected chi connectivity index (χ4v) is 3.43. The number of carbonyl (C=O) groups excluding carboxylic acids is 2. The molecule has 27 heavy (non-hydrogen) atoms. The summed E-state index contributed by atoms with van der Waals surface area (Å²) in [7, 11) is 1.73. The first-order chi connectivity index (χ1) is 13.1. The Hall–Kier alpha value is -2.66. The van der Waals surface area contributed by atoms with Gasteiger partial charge in [0.15, 0.2) is 0 Å². The molecule has 5 heteroatoms. The monoisotopic (exact) mass is 366 g/mol. The van der Waals surface area contributed by atoms with E-state index in [9.17, 15) is 9.59 Å². The van der Waals surface area contributed by atoms with Crippen LogP contribution in [0.5, 0.6) is 0 Å². The van der Waals surface area contributed by atoms with Gasteiger partial charge in [0.2, 0.25) is 0 Å². The fraction of sp³-hybridized carbons (Fsp3) is 0.364. The van der Waals surface area contributed by atoms with Crippen LogP contribution < -0.4 is 10.2 Å². The minimum Gasteiger partial charge on any atom is -0.381 e. The Labute approximate surface area is 160 Å². The highest BCUT2D eigenvalue weighted by Crippen LogP contribution is 2.20. The lowest BCUT2D eigenvalue weighted by molar-refractivity contribution is 0.0914. The number of nitrogens with zero attached hydrogens (tertiary/aromatic N) is 1. The van der Waals surface area contributed by atoms with Crippen LogP contribution in [0.4, 0.5) is 5.69 Å². The van der Waals surface area contributed by atoms with Gasteiger partial charge < -0.3 is 15.0 Å². The minimum absolute atomic E-state index is 0.0892. The van der Waals surface area contributed by atoms with Crippen molar-refractivity contribution in [3.63, 3.8) is 0 Å². The molecule has 142 valence electrons. The molecule has 3 rings (SSSR count). The molecule has 2 aromatic carbocycles. The van der Waals surface area contributed by atoms with Crippen LogP contribution in [0.25, 0.3) is 0 Å². The van der Waals surface area contributed by atoms with E-state index in [1.54, 1.807) is 36.2 Å². The SMILES string of the molecule is CC[C@H](NC(=O)c1cccc(C(=O)N(C)c2ccccc2)c1)[C@@H]1CCOC1. The Morgan fingerprint density at radius 2 is 1.89 bits per heavy atom. The maximum absolute atomic E-state index is 12.8. The van der Waals surface area contributed by atoms with Gasteiger partial charge in [-0.05, 0) is 43.2 Å². The van der Waals surface area contributed by atoms with Gasteiger partial charge in [0.05, 0.1) is 6.61 Å². The molecule has 0 saturated carbocycles. The van der Waals surface area contributed by atoms with E-state index in [2.05, 4.69) is 12.2 Å². The lowest BCUT2D eigenvalue weighted by atomic mass is 9.96. The van der Waals surface area contributed by atoms with Crippen LogP contribution in [-0.4, -0.2) is 38.1 Å². The number of carbonyl (C=O) groups is 2. The van der Waals surface area contributed by atoms with Crippen molar-refractivity contribution in [2.45, 2.75) is 25.8 Å². The summed E-state index contributed by atoms with van der Waals surface area (Å²) in [6.45, 7) is 3.52. The number of nitrogens with one attached hydrogen (secondary N) is 1. The highest BCUT2D eigenvalue weighted by Gasteiger charge is 2.26. The van der Waals surface area contributed by atoms with Crippen LogP contribution in [0.1, 0.15) is 40.5 Å². The Kier molecular flexibility index (Phi) is 6.24. The van der Waals surface area contributed by atoms with Gasteiger partial charge >= 0.3 is 0 Å². The van der Waals surface area contributed by atoms with Gasteiger partial charge in [0.25, 0.3) is 11.8 Å². The Balaban J connectivity index is 1.72. The van der Waals surface area contributed by atoms with Gasteiger partial charge in [0, 0.05) is 42.4 Å². The maximum Gasteiger partial charge on any atom is 0.258 e. The standard InChI is InChI=1S/C22H26N2O3/c1-3-20(18-12-13-27-15-18)23-21(25)16-8-7-9-17(14-16)22(26)24(2)19-10-5-4-6-11-19/h4-11,14,18,20H,3,12-13,15H2,1-2H3,(H,23,25)/t18-,20+/m1/s1. The highest BCUT2D eigenvalue weighted by molar-refractivity contribution is 6.07. The Bertz CT molecular complexity index is 785. The van der Waals surface area contributed by atoms with Crippen molar-refractivity contribution in [1.82, 2.24) is 5.32 Å². The smallest absolute Gasteiger partial charge is 0.258 e. The second-order valence-electron chi connectivity index (χ2n) is 6.89. The van der Waals surface area contributed by atoms with Crippen molar-refractivity contribution in [3.8, 4) is 0 Å². The van der Waals surface area contributed by atoms with Crippen molar-refractivity contribution in [3.05, 3.63) is 65.7 Å². The third-order valence-electron chi connectivity index (χ3n) is 5.11. The topological polar surface area (TPSA) is 58.6 Å². The average molecular weight is 366 g/mol. The molecular weight excluding hydrogens is 340 g/mol.